The Morgan fingerprint density at radius 2 is 2.04 bits per heavy atom. The summed E-state index contributed by atoms with van der Waals surface area (Å²) in [6.07, 6.45) is 0.917. The Morgan fingerprint density at radius 1 is 1.24 bits per heavy atom. The number of thioether (sulfide) groups is 1. The fraction of sp³-hybridized carbons (Fsp3) is 0.176. The molecule has 0 atom stereocenters. The minimum atomic E-state index is -0.126. The highest BCUT2D eigenvalue weighted by atomic mass is 32.2. The van der Waals surface area contributed by atoms with Crippen LogP contribution in [0.1, 0.15) is 12.5 Å². The summed E-state index contributed by atoms with van der Waals surface area (Å²) < 4.78 is 1.52. The number of aryl methyl sites for hydroxylation is 1. The standard InChI is InChI=1S/C17H17N5O2S/c1-2-12-4-3-5-13(10-12)18-16(24)11-25-17-19-20-21-22(17)14-6-8-15(23)9-7-14/h3-10,23H,2,11H2,1H3,(H,18,24). The van der Waals surface area contributed by atoms with Gasteiger partial charge in [-0.15, -0.1) is 5.10 Å². The molecule has 0 bridgehead atoms. The Labute approximate surface area is 149 Å². The van der Waals surface area contributed by atoms with Crippen LogP contribution in [0.25, 0.3) is 5.69 Å². The fourth-order valence-corrected chi connectivity index (χ4v) is 2.91. The van der Waals surface area contributed by atoms with E-state index in [2.05, 4.69) is 27.8 Å². The summed E-state index contributed by atoms with van der Waals surface area (Å²) in [5.74, 6) is 0.229. The first-order valence-electron chi connectivity index (χ1n) is 7.75. The van der Waals surface area contributed by atoms with Gasteiger partial charge in [0.25, 0.3) is 0 Å². The van der Waals surface area contributed by atoms with Gasteiger partial charge < -0.3 is 10.4 Å². The number of aromatic hydroxyl groups is 1. The third kappa shape index (κ3) is 4.36. The molecule has 2 N–H and O–H groups in total. The second kappa shape index (κ2) is 7.80. The van der Waals surface area contributed by atoms with Crippen molar-refractivity contribution in [2.45, 2.75) is 18.5 Å². The SMILES string of the molecule is CCc1cccc(NC(=O)CSc2nnnn2-c2ccc(O)cc2)c1. The Kier molecular flexibility index (Phi) is 5.30. The van der Waals surface area contributed by atoms with E-state index in [0.29, 0.717) is 10.8 Å². The summed E-state index contributed by atoms with van der Waals surface area (Å²) in [7, 11) is 0. The van der Waals surface area contributed by atoms with Crippen molar-refractivity contribution in [1.29, 1.82) is 0 Å². The average Bonchev–Trinajstić information content (AvgIpc) is 3.09. The lowest BCUT2D eigenvalue weighted by Gasteiger charge is -2.07. The lowest BCUT2D eigenvalue weighted by Crippen LogP contribution is -2.14. The number of nitrogens with zero attached hydrogens (tertiary/aromatic N) is 4. The van der Waals surface area contributed by atoms with E-state index in [0.717, 1.165) is 12.1 Å². The zero-order valence-corrected chi connectivity index (χ0v) is 14.4. The molecule has 0 aliphatic heterocycles. The van der Waals surface area contributed by atoms with Gasteiger partial charge in [-0.05, 0) is 58.8 Å². The monoisotopic (exact) mass is 355 g/mol. The van der Waals surface area contributed by atoms with Crippen molar-refractivity contribution >= 4 is 23.4 Å². The van der Waals surface area contributed by atoms with Gasteiger partial charge in [0.05, 0.1) is 11.4 Å². The topological polar surface area (TPSA) is 92.9 Å². The maximum atomic E-state index is 12.2. The molecule has 128 valence electrons. The summed E-state index contributed by atoms with van der Waals surface area (Å²) >= 11 is 1.24. The summed E-state index contributed by atoms with van der Waals surface area (Å²) in [4.78, 5) is 12.2. The van der Waals surface area contributed by atoms with Crippen LogP contribution in [0.15, 0.2) is 53.7 Å². The van der Waals surface area contributed by atoms with Crippen LogP contribution in [-0.4, -0.2) is 37.0 Å². The van der Waals surface area contributed by atoms with Gasteiger partial charge in [-0.25, -0.2) is 0 Å². The van der Waals surface area contributed by atoms with Gasteiger partial charge in [-0.1, -0.05) is 30.8 Å². The zero-order valence-electron chi connectivity index (χ0n) is 13.6. The summed E-state index contributed by atoms with van der Waals surface area (Å²) in [5.41, 5.74) is 2.66. The first-order valence-corrected chi connectivity index (χ1v) is 8.73. The number of phenolic OH excluding ortho intramolecular Hbond substituents is 1. The molecule has 0 radical (unpaired) electrons. The molecule has 0 aliphatic rings. The van der Waals surface area contributed by atoms with E-state index >= 15 is 0 Å². The van der Waals surface area contributed by atoms with Crippen molar-refractivity contribution in [3.05, 3.63) is 54.1 Å². The number of aromatic nitrogens is 4. The van der Waals surface area contributed by atoms with E-state index in [1.54, 1.807) is 24.3 Å². The van der Waals surface area contributed by atoms with Gasteiger partial charge in [0.1, 0.15) is 5.75 Å². The van der Waals surface area contributed by atoms with Crippen molar-refractivity contribution in [3.8, 4) is 11.4 Å². The summed E-state index contributed by atoms with van der Waals surface area (Å²) in [6.45, 7) is 2.07. The molecular formula is C17H17N5O2S. The highest BCUT2D eigenvalue weighted by molar-refractivity contribution is 7.99. The van der Waals surface area contributed by atoms with Crippen molar-refractivity contribution in [2.75, 3.05) is 11.1 Å². The molecule has 1 aromatic heterocycles. The number of benzene rings is 2. The Balaban J connectivity index is 1.63. The first-order chi connectivity index (χ1) is 12.2. The van der Waals surface area contributed by atoms with Gasteiger partial charge in [0, 0.05) is 5.69 Å². The number of carbonyl (C=O) groups is 1. The molecule has 0 aliphatic carbocycles. The van der Waals surface area contributed by atoms with Gasteiger partial charge in [0.2, 0.25) is 11.1 Å². The average molecular weight is 355 g/mol. The third-order valence-electron chi connectivity index (χ3n) is 3.49. The smallest absolute Gasteiger partial charge is 0.234 e. The molecule has 0 saturated carbocycles. The molecule has 0 spiro atoms. The molecule has 3 aromatic rings. The van der Waals surface area contributed by atoms with Crippen LogP contribution in [0, 0.1) is 0 Å². The predicted molar refractivity (Wildman–Crippen MR) is 96.0 cm³/mol. The molecule has 1 heterocycles. The number of rotatable bonds is 6. The van der Waals surface area contributed by atoms with Crippen molar-refractivity contribution in [2.24, 2.45) is 0 Å². The maximum Gasteiger partial charge on any atom is 0.234 e. The Hall–Kier alpha value is -2.87. The van der Waals surface area contributed by atoms with Crippen LogP contribution in [0.4, 0.5) is 5.69 Å². The largest absolute Gasteiger partial charge is 0.508 e. The molecule has 0 saturated heterocycles. The third-order valence-corrected chi connectivity index (χ3v) is 4.41. The molecule has 0 unspecified atom stereocenters. The second-order valence-corrected chi connectivity index (χ2v) is 6.22. The second-order valence-electron chi connectivity index (χ2n) is 5.28. The molecule has 0 fully saturated rings. The van der Waals surface area contributed by atoms with Gasteiger partial charge >= 0.3 is 0 Å². The zero-order chi connectivity index (χ0) is 17.6. The van der Waals surface area contributed by atoms with Crippen LogP contribution in [0.5, 0.6) is 5.75 Å². The molecule has 1 amide bonds. The quantitative estimate of drug-likeness (QED) is 0.660. The van der Waals surface area contributed by atoms with Crippen LogP contribution in [0.3, 0.4) is 0 Å². The molecule has 2 aromatic carbocycles. The van der Waals surface area contributed by atoms with E-state index in [9.17, 15) is 9.90 Å². The van der Waals surface area contributed by atoms with E-state index in [1.807, 2.05) is 24.3 Å². The lowest BCUT2D eigenvalue weighted by molar-refractivity contribution is -0.113. The number of anilines is 1. The number of tetrazole rings is 1. The van der Waals surface area contributed by atoms with E-state index < -0.39 is 0 Å². The number of hydrogen-bond acceptors (Lipinski definition) is 6. The van der Waals surface area contributed by atoms with Crippen molar-refractivity contribution < 1.29 is 9.90 Å². The molecule has 25 heavy (non-hydrogen) atoms. The van der Waals surface area contributed by atoms with E-state index in [-0.39, 0.29) is 17.4 Å². The van der Waals surface area contributed by atoms with Gasteiger partial charge in [0.15, 0.2) is 0 Å². The molecule has 3 rings (SSSR count). The number of carbonyl (C=O) groups excluding carboxylic acids is 1. The van der Waals surface area contributed by atoms with Crippen LogP contribution >= 0.6 is 11.8 Å². The van der Waals surface area contributed by atoms with Gasteiger partial charge in [-0.3, -0.25) is 4.79 Å². The molecule has 8 heteroatoms. The fourth-order valence-electron chi connectivity index (χ4n) is 2.22. The highest BCUT2D eigenvalue weighted by Crippen LogP contribution is 2.20. The lowest BCUT2D eigenvalue weighted by atomic mass is 10.1. The number of nitrogens with one attached hydrogen (secondary N) is 1. The predicted octanol–water partition coefficient (Wildman–Crippen LogP) is 2.66. The number of hydrogen-bond donors (Lipinski definition) is 2. The number of phenols is 1. The van der Waals surface area contributed by atoms with Crippen molar-refractivity contribution in [1.82, 2.24) is 20.2 Å². The van der Waals surface area contributed by atoms with Crippen LogP contribution < -0.4 is 5.32 Å². The summed E-state index contributed by atoms with van der Waals surface area (Å²) in [5, 5.41) is 24.3. The maximum absolute atomic E-state index is 12.2. The molecule has 7 nitrogen and oxygen atoms in total. The van der Waals surface area contributed by atoms with Crippen molar-refractivity contribution in [3.63, 3.8) is 0 Å². The molecular weight excluding hydrogens is 338 g/mol. The normalized spacial score (nSPS) is 10.6. The number of amides is 1. The van der Waals surface area contributed by atoms with E-state index in [4.69, 9.17) is 0 Å². The minimum Gasteiger partial charge on any atom is -0.508 e. The van der Waals surface area contributed by atoms with Crippen LogP contribution in [0.2, 0.25) is 0 Å². The Bertz CT molecular complexity index is 863. The first kappa shape index (κ1) is 17.0. The Morgan fingerprint density at radius 3 is 2.80 bits per heavy atom. The van der Waals surface area contributed by atoms with E-state index in [1.165, 1.54) is 22.0 Å². The minimum absolute atomic E-state index is 0.126. The van der Waals surface area contributed by atoms with Crippen LogP contribution in [-0.2, 0) is 11.2 Å². The summed E-state index contributed by atoms with van der Waals surface area (Å²) in [6, 6.07) is 14.3. The van der Waals surface area contributed by atoms with Gasteiger partial charge in [-0.2, -0.15) is 4.68 Å². The highest BCUT2D eigenvalue weighted by Gasteiger charge is 2.12.